The largest absolute Gasteiger partial charge is 0.508 e. The van der Waals surface area contributed by atoms with Crippen LogP contribution in [0.25, 0.3) is 0 Å². The number of anilines is 1. The first-order valence-electron chi connectivity index (χ1n) is 4.78. The number of aryl methyl sites for hydroxylation is 1. The van der Waals surface area contributed by atoms with Crippen molar-refractivity contribution in [2.24, 2.45) is 5.73 Å². The summed E-state index contributed by atoms with van der Waals surface area (Å²) in [5.74, 6) is 0.165. The van der Waals surface area contributed by atoms with E-state index in [0.29, 0.717) is 5.69 Å². The summed E-state index contributed by atoms with van der Waals surface area (Å²) >= 11 is 0. The molecule has 0 heterocycles. The van der Waals surface area contributed by atoms with Gasteiger partial charge in [-0.3, -0.25) is 0 Å². The van der Waals surface area contributed by atoms with Crippen LogP contribution in [-0.4, -0.2) is 31.7 Å². The molecular weight excluding hydrogens is 228 g/mol. The van der Waals surface area contributed by atoms with Gasteiger partial charge in [-0.15, -0.1) is 0 Å². The minimum absolute atomic E-state index is 0.112. The summed E-state index contributed by atoms with van der Waals surface area (Å²) in [5, 5.41) is 11.3. The molecule has 1 aromatic carbocycles. The van der Waals surface area contributed by atoms with Crippen LogP contribution < -0.4 is 11.1 Å². The van der Waals surface area contributed by atoms with Crippen molar-refractivity contribution >= 4 is 15.5 Å². The Hall–Kier alpha value is -1.27. The molecule has 0 aliphatic carbocycles. The van der Waals surface area contributed by atoms with Crippen LogP contribution in [0.2, 0.25) is 0 Å². The van der Waals surface area contributed by atoms with Crippen LogP contribution in [0.3, 0.4) is 0 Å². The van der Waals surface area contributed by atoms with E-state index in [0.717, 1.165) is 11.8 Å². The Morgan fingerprint density at radius 2 is 2.12 bits per heavy atom. The molecule has 4 N–H and O–H groups in total. The topological polar surface area (TPSA) is 92.4 Å². The van der Waals surface area contributed by atoms with Gasteiger partial charge in [0.05, 0.1) is 0 Å². The molecule has 1 unspecified atom stereocenters. The number of phenols is 1. The summed E-state index contributed by atoms with van der Waals surface area (Å²) in [5.41, 5.74) is 6.86. The molecule has 0 spiro atoms. The van der Waals surface area contributed by atoms with E-state index in [1.807, 2.05) is 0 Å². The van der Waals surface area contributed by atoms with Gasteiger partial charge in [0, 0.05) is 24.6 Å². The number of hydrogen-bond acceptors (Lipinski definition) is 5. The molecule has 0 bridgehead atoms. The van der Waals surface area contributed by atoms with Crippen molar-refractivity contribution in [1.82, 2.24) is 0 Å². The van der Waals surface area contributed by atoms with Crippen molar-refractivity contribution in [1.29, 1.82) is 0 Å². The zero-order chi connectivity index (χ0) is 12.3. The van der Waals surface area contributed by atoms with Crippen LogP contribution in [-0.2, 0) is 9.84 Å². The third-order valence-electron chi connectivity index (χ3n) is 2.27. The lowest BCUT2D eigenvalue weighted by molar-refractivity contribution is 0.471. The molecule has 90 valence electrons. The first kappa shape index (κ1) is 12.8. The molecule has 0 aromatic heterocycles. The van der Waals surface area contributed by atoms with Gasteiger partial charge in [-0.2, -0.15) is 0 Å². The van der Waals surface area contributed by atoms with Crippen molar-refractivity contribution in [3.05, 3.63) is 23.8 Å². The number of nitrogens with two attached hydrogens (primary N) is 1. The van der Waals surface area contributed by atoms with Gasteiger partial charge in [0.2, 0.25) is 0 Å². The Bertz CT molecular complexity index is 471. The number of benzene rings is 1. The highest BCUT2D eigenvalue weighted by molar-refractivity contribution is 7.91. The maximum atomic E-state index is 11.1. The summed E-state index contributed by atoms with van der Waals surface area (Å²) in [4.78, 5) is 0. The SMILES string of the molecule is Cc1ccc(NCC(N)S(C)(=O)=O)cc1O. The lowest BCUT2D eigenvalue weighted by atomic mass is 10.2. The number of nitrogens with one attached hydrogen (secondary N) is 1. The summed E-state index contributed by atoms with van der Waals surface area (Å²) in [6.07, 6.45) is 1.09. The van der Waals surface area contributed by atoms with Gasteiger partial charge in [-0.25, -0.2) is 8.42 Å². The summed E-state index contributed by atoms with van der Waals surface area (Å²) in [6, 6.07) is 5.03. The van der Waals surface area contributed by atoms with Crippen LogP contribution in [0.5, 0.6) is 5.75 Å². The minimum Gasteiger partial charge on any atom is -0.508 e. The van der Waals surface area contributed by atoms with E-state index in [1.54, 1.807) is 19.1 Å². The monoisotopic (exact) mass is 244 g/mol. The highest BCUT2D eigenvalue weighted by Crippen LogP contribution is 2.20. The zero-order valence-corrected chi connectivity index (χ0v) is 10.1. The van der Waals surface area contributed by atoms with Gasteiger partial charge in [0.25, 0.3) is 0 Å². The fourth-order valence-electron chi connectivity index (χ4n) is 1.09. The van der Waals surface area contributed by atoms with E-state index < -0.39 is 15.2 Å². The van der Waals surface area contributed by atoms with Crippen LogP contribution in [0, 0.1) is 6.92 Å². The highest BCUT2D eigenvalue weighted by atomic mass is 32.2. The van der Waals surface area contributed by atoms with Crippen LogP contribution >= 0.6 is 0 Å². The molecule has 0 aliphatic heterocycles. The molecule has 0 aliphatic rings. The lowest BCUT2D eigenvalue weighted by Crippen LogP contribution is -2.36. The van der Waals surface area contributed by atoms with Gasteiger partial charge in [0.15, 0.2) is 9.84 Å². The number of hydrogen-bond donors (Lipinski definition) is 3. The average Bonchev–Trinajstić information content (AvgIpc) is 2.18. The van der Waals surface area contributed by atoms with Gasteiger partial charge < -0.3 is 16.2 Å². The van der Waals surface area contributed by atoms with Crippen molar-refractivity contribution in [2.45, 2.75) is 12.3 Å². The molecule has 1 aromatic rings. The molecule has 0 saturated carbocycles. The first-order chi connectivity index (χ1) is 7.30. The van der Waals surface area contributed by atoms with Gasteiger partial charge in [-0.05, 0) is 18.6 Å². The second kappa shape index (κ2) is 4.71. The highest BCUT2D eigenvalue weighted by Gasteiger charge is 2.14. The molecule has 6 heteroatoms. The van der Waals surface area contributed by atoms with E-state index >= 15 is 0 Å². The molecule has 0 saturated heterocycles. The quantitative estimate of drug-likeness (QED) is 0.715. The number of aromatic hydroxyl groups is 1. The van der Waals surface area contributed by atoms with Gasteiger partial charge in [-0.1, -0.05) is 6.07 Å². The smallest absolute Gasteiger partial charge is 0.164 e. The molecule has 5 nitrogen and oxygen atoms in total. The Kier molecular flexibility index (Phi) is 3.77. The summed E-state index contributed by atoms with van der Waals surface area (Å²) in [6.45, 7) is 1.89. The first-order valence-corrected chi connectivity index (χ1v) is 6.74. The number of phenolic OH excluding ortho intramolecular Hbond substituents is 1. The van der Waals surface area contributed by atoms with Gasteiger partial charge in [0.1, 0.15) is 11.1 Å². The molecule has 0 amide bonds. The van der Waals surface area contributed by atoms with Gasteiger partial charge >= 0.3 is 0 Å². The third kappa shape index (κ3) is 3.39. The second-order valence-corrected chi connectivity index (χ2v) is 6.01. The summed E-state index contributed by atoms with van der Waals surface area (Å²) < 4.78 is 22.1. The normalized spacial score (nSPS) is 13.4. The standard InChI is InChI=1S/C10H16N2O3S/c1-7-3-4-8(5-9(7)13)12-6-10(11)16(2,14)15/h3-5,10,12-13H,6,11H2,1-2H3. The predicted octanol–water partition coefficient (Wildman–Crippen LogP) is 0.442. The molecule has 0 fully saturated rings. The maximum Gasteiger partial charge on any atom is 0.164 e. The Morgan fingerprint density at radius 1 is 1.50 bits per heavy atom. The number of sulfone groups is 1. The fourth-order valence-corrected chi connectivity index (χ4v) is 1.48. The molecular formula is C10H16N2O3S. The number of rotatable bonds is 4. The van der Waals surface area contributed by atoms with E-state index in [1.165, 1.54) is 6.07 Å². The maximum absolute atomic E-state index is 11.1. The molecule has 1 atom stereocenters. The average molecular weight is 244 g/mol. The van der Waals surface area contributed by atoms with Crippen molar-refractivity contribution in [3.8, 4) is 5.75 Å². The Labute approximate surface area is 95.2 Å². The fraction of sp³-hybridized carbons (Fsp3) is 0.400. The van der Waals surface area contributed by atoms with Crippen LogP contribution in [0.4, 0.5) is 5.69 Å². The molecule has 16 heavy (non-hydrogen) atoms. The van der Waals surface area contributed by atoms with E-state index in [4.69, 9.17) is 5.73 Å². The summed E-state index contributed by atoms with van der Waals surface area (Å²) in [7, 11) is -3.24. The van der Waals surface area contributed by atoms with Crippen LogP contribution in [0.15, 0.2) is 18.2 Å². The van der Waals surface area contributed by atoms with Crippen molar-refractivity contribution in [3.63, 3.8) is 0 Å². The lowest BCUT2D eigenvalue weighted by Gasteiger charge is -2.12. The predicted molar refractivity (Wildman–Crippen MR) is 64.2 cm³/mol. The van der Waals surface area contributed by atoms with Crippen molar-refractivity contribution in [2.75, 3.05) is 18.1 Å². The van der Waals surface area contributed by atoms with E-state index in [2.05, 4.69) is 5.32 Å². The van der Waals surface area contributed by atoms with E-state index in [9.17, 15) is 13.5 Å². The third-order valence-corrected chi connectivity index (χ3v) is 3.53. The van der Waals surface area contributed by atoms with Crippen molar-refractivity contribution < 1.29 is 13.5 Å². The Morgan fingerprint density at radius 3 is 2.62 bits per heavy atom. The molecule has 0 radical (unpaired) electrons. The Balaban J connectivity index is 2.65. The van der Waals surface area contributed by atoms with E-state index in [-0.39, 0.29) is 12.3 Å². The molecule has 1 rings (SSSR count). The second-order valence-electron chi connectivity index (χ2n) is 3.75. The minimum atomic E-state index is -3.24. The van der Waals surface area contributed by atoms with Crippen LogP contribution in [0.1, 0.15) is 5.56 Å². The zero-order valence-electron chi connectivity index (χ0n) is 9.27.